The number of aliphatic hydroxyl groups is 1. The molecule has 0 unspecified atom stereocenters. The largest absolute Gasteiger partial charge is 0.445 e. The van der Waals surface area contributed by atoms with Gasteiger partial charge in [0.25, 0.3) is 5.69 Å². The zero-order valence-corrected chi connectivity index (χ0v) is 23.7. The van der Waals surface area contributed by atoms with Crippen LogP contribution in [0.4, 0.5) is 29.3 Å². The number of nitro benzene ring substituents is 1. The summed E-state index contributed by atoms with van der Waals surface area (Å²) in [4.78, 5) is 74.3. The van der Waals surface area contributed by atoms with E-state index in [9.17, 15) is 52.4 Å². The molecule has 14 nitrogen and oxygen atoms in total. The zero-order chi connectivity index (χ0) is 33.7. The molecule has 2 aliphatic rings. The molecule has 2 aromatic carbocycles. The van der Waals surface area contributed by atoms with Gasteiger partial charge < -0.3 is 23.9 Å². The molecule has 0 bridgehead atoms. The summed E-state index contributed by atoms with van der Waals surface area (Å²) in [7, 11) is 0. The van der Waals surface area contributed by atoms with Crippen LogP contribution in [-0.2, 0) is 25.2 Å². The Labute approximate surface area is 255 Å². The number of carbonyl (C=O) groups excluding carboxylic acids is 4. The maximum Gasteiger partial charge on any atom is 0.417 e. The number of nitrogens with zero attached hydrogens (tertiary/aromatic N) is 2. The second kappa shape index (κ2) is 11.7. The van der Waals surface area contributed by atoms with Crippen LogP contribution in [0.2, 0.25) is 0 Å². The smallest absolute Gasteiger partial charge is 0.417 e. The number of nitrogens with one attached hydrogen (secondary N) is 1. The predicted molar refractivity (Wildman–Crippen MR) is 148 cm³/mol. The number of hydrogen-bond donors (Lipinski definition) is 2. The Hall–Kier alpha value is -5.58. The second-order valence-corrected chi connectivity index (χ2v) is 10.5. The van der Waals surface area contributed by atoms with Gasteiger partial charge in [0.2, 0.25) is 5.91 Å². The fraction of sp³-hybridized carbons (Fsp3) is 0.276. The van der Waals surface area contributed by atoms with Crippen molar-refractivity contribution in [2.24, 2.45) is 11.8 Å². The molecule has 1 aromatic heterocycles. The summed E-state index contributed by atoms with van der Waals surface area (Å²) in [5.41, 5.74) is -3.89. The lowest BCUT2D eigenvalue weighted by atomic mass is 9.78. The molecule has 3 aromatic rings. The molecule has 240 valence electrons. The Bertz CT molecular complexity index is 1880. The number of anilines is 1. The molecule has 17 heteroatoms. The predicted octanol–water partition coefficient (Wildman–Crippen LogP) is 3.76. The molecule has 0 spiro atoms. The summed E-state index contributed by atoms with van der Waals surface area (Å²) in [6.07, 6.45) is -7.09. The number of nitro groups is 1. The van der Waals surface area contributed by atoms with E-state index < -0.39 is 93.5 Å². The lowest BCUT2D eigenvalue weighted by molar-refractivity contribution is -0.384. The standard InChI is InChI=1S/C29H22F3N3O11/c1-12-18(11-44-28(41)33-15-5-8-17-19(29(30,31)32)10-21(37)45-20(17)9-15)24(34-23(12)22(13(2)36)25(34)38)27(40)46-26(39)14-3-6-16(7-4-14)35(42)43/h3-10,12-13,22-23,36H,11H2,1-2H3,(H,33,41)/t12-,13+,22+,23+/m0/s1. The number of esters is 2. The number of carbonyl (C=O) groups is 4. The van der Waals surface area contributed by atoms with Gasteiger partial charge in [0.05, 0.1) is 34.1 Å². The number of amides is 2. The molecule has 1 fully saturated rings. The third-order valence-corrected chi connectivity index (χ3v) is 7.66. The van der Waals surface area contributed by atoms with Gasteiger partial charge in [0, 0.05) is 46.8 Å². The van der Waals surface area contributed by atoms with Crippen LogP contribution in [-0.4, -0.2) is 57.6 Å². The van der Waals surface area contributed by atoms with Gasteiger partial charge in [-0.05, 0) is 31.2 Å². The third-order valence-electron chi connectivity index (χ3n) is 7.66. The SMILES string of the molecule is C[C@@H](O)[C@H]1C(=O)N2C(C(=O)OC(=O)c3ccc([N+](=O)[O-])cc3)=C(COC(=O)Nc3ccc4c(C(F)(F)F)cc(=O)oc4c3)[C@H](C)[C@H]12. The molecule has 3 heterocycles. The minimum atomic E-state index is -4.84. The quantitative estimate of drug-likeness (QED) is 0.0948. The average Bonchev–Trinajstić information content (AvgIpc) is 3.22. The summed E-state index contributed by atoms with van der Waals surface area (Å²) in [5.74, 6) is -4.68. The molecule has 1 saturated heterocycles. The normalized spacial score (nSPS) is 19.7. The Morgan fingerprint density at radius 3 is 2.39 bits per heavy atom. The van der Waals surface area contributed by atoms with Gasteiger partial charge >= 0.3 is 29.8 Å². The van der Waals surface area contributed by atoms with Crippen LogP contribution in [0.25, 0.3) is 11.0 Å². The van der Waals surface area contributed by atoms with E-state index in [2.05, 4.69) is 5.32 Å². The van der Waals surface area contributed by atoms with E-state index in [4.69, 9.17) is 13.9 Å². The van der Waals surface area contributed by atoms with Gasteiger partial charge in [0.1, 0.15) is 17.9 Å². The second-order valence-electron chi connectivity index (χ2n) is 10.5. The molecule has 2 N–H and O–H groups in total. The summed E-state index contributed by atoms with van der Waals surface area (Å²) in [6.45, 7) is 2.36. The van der Waals surface area contributed by atoms with Crippen LogP contribution in [0.15, 0.2) is 69.0 Å². The number of benzene rings is 2. The van der Waals surface area contributed by atoms with Crippen molar-refractivity contribution in [3.8, 4) is 0 Å². The molecule has 46 heavy (non-hydrogen) atoms. The highest BCUT2D eigenvalue weighted by molar-refractivity contribution is 6.06. The zero-order valence-electron chi connectivity index (χ0n) is 23.7. The number of alkyl halides is 3. The number of non-ortho nitro benzene ring substituents is 1. The minimum absolute atomic E-state index is 0.0671. The molecule has 4 atom stereocenters. The number of halogens is 3. The summed E-state index contributed by atoms with van der Waals surface area (Å²) >= 11 is 0. The fourth-order valence-corrected chi connectivity index (χ4v) is 5.51. The van der Waals surface area contributed by atoms with Crippen molar-refractivity contribution in [2.45, 2.75) is 32.2 Å². The number of rotatable bonds is 7. The highest BCUT2D eigenvalue weighted by Gasteiger charge is 2.60. The average molecular weight is 645 g/mol. The molecule has 2 aliphatic heterocycles. The van der Waals surface area contributed by atoms with Crippen LogP contribution < -0.4 is 10.9 Å². The number of aliphatic hydroxyl groups excluding tert-OH is 1. The van der Waals surface area contributed by atoms with Crippen molar-refractivity contribution >= 4 is 46.3 Å². The van der Waals surface area contributed by atoms with Crippen molar-refractivity contribution in [3.05, 3.63) is 91.5 Å². The van der Waals surface area contributed by atoms with Gasteiger partial charge in [-0.25, -0.2) is 19.2 Å². The topological polar surface area (TPSA) is 196 Å². The van der Waals surface area contributed by atoms with Crippen molar-refractivity contribution in [3.63, 3.8) is 0 Å². The summed E-state index contributed by atoms with van der Waals surface area (Å²) in [5, 5.41) is 22.9. The van der Waals surface area contributed by atoms with Gasteiger partial charge in [-0.1, -0.05) is 6.92 Å². The van der Waals surface area contributed by atoms with E-state index in [1.807, 2.05) is 0 Å². The van der Waals surface area contributed by atoms with Crippen LogP contribution in [0.1, 0.15) is 29.8 Å². The maximum absolute atomic E-state index is 13.3. The minimum Gasteiger partial charge on any atom is -0.445 e. The van der Waals surface area contributed by atoms with E-state index in [-0.39, 0.29) is 22.5 Å². The molecular formula is C29H22F3N3O11. The molecule has 0 aliphatic carbocycles. The number of ether oxygens (including phenoxy) is 2. The van der Waals surface area contributed by atoms with Gasteiger partial charge in [-0.3, -0.25) is 20.2 Å². The summed E-state index contributed by atoms with van der Waals surface area (Å²) < 4.78 is 55.0. The van der Waals surface area contributed by atoms with Crippen LogP contribution in [0.5, 0.6) is 0 Å². The van der Waals surface area contributed by atoms with E-state index >= 15 is 0 Å². The van der Waals surface area contributed by atoms with E-state index in [1.54, 1.807) is 6.92 Å². The summed E-state index contributed by atoms with van der Waals surface area (Å²) in [6, 6.07) is 6.83. The highest BCUT2D eigenvalue weighted by atomic mass is 19.4. The Kier molecular flexibility index (Phi) is 8.12. The van der Waals surface area contributed by atoms with E-state index in [0.29, 0.717) is 6.07 Å². The monoisotopic (exact) mass is 645 g/mol. The van der Waals surface area contributed by atoms with Crippen molar-refractivity contribution in [1.29, 1.82) is 0 Å². The first-order chi connectivity index (χ1) is 21.6. The van der Waals surface area contributed by atoms with Gasteiger partial charge in [-0.15, -0.1) is 0 Å². The van der Waals surface area contributed by atoms with E-state index in [1.165, 1.54) is 6.92 Å². The Morgan fingerprint density at radius 1 is 1.11 bits per heavy atom. The maximum atomic E-state index is 13.3. The van der Waals surface area contributed by atoms with Crippen molar-refractivity contribution < 1.29 is 56.3 Å². The Balaban J connectivity index is 1.36. The van der Waals surface area contributed by atoms with Crippen LogP contribution in [0, 0.1) is 22.0 Å². The van der Waals surface area contributed by atoms with Crippen LogP contribution in [0.3, 0.4) is 0 Å². The molecule has 2 amide bonds. The molecule has 5 rings (SSSR count). The first-order valence-corrected chi connectivity index (χ1v) is 13.4. The third kappa shape index (κ3) is 5.79. The Morgan fingerprint density at radius 2 is 1.78 bits per heavy atom. The van der Waals surface area contributed by atoms with E-state index in [0.717, 1.165) is 47.4 Å². The molecule has 0 radical (unpaired) electrons. The molecule has 0 saturated carbocycles. The number of fused-ring (bicyclic) bond motifs is 2. The van der Waals surface area contributed by atoms with Crippen LogP contribution >= 0.6 is 0 Å². The first kappa shape index (κ1) is 31.8. The number of hydrogen-bond acceptors (Lipinski definition) is 11. The lowest BCUT2D eigenvalue weighted by Gasteiger charge is -2.46. The fourth-order valence-electron chi connectivity index (χ4n) is 5.51. The molecular weight excluding hydrogens is 623 g/mol. The van der Waals surface area contributed by atoms with Crippen molar-refractivity contribution in [2.75, 3.05) is 11.9 Å². The van der Waals surface area contributed by atoms with Gasteiger partial charge in [-0.2, -0.15) is 13.2 Å². The number of β-lactam (4-membered cyclic amide) rings is 1. The lowest BCUT2D eigenvalue weighted by Crippen LogP contribution is -2.63. The van der Waals surface area contributed by atoms with Gasteiger partial charge in [0.15, 0.2) is 0 Å². The highest BCUT2D eigenvalue weighted by Crippen LogP contribution is 2.47. The first-order valence-electron chi connectivity index (χ1n) is 13.4. The van der Waals surface area contributed by atoms with Crippen molar-refractivity contribution in [1.82, 2.24) is 4.90 Å².